The predicted molar refractivity (Wildman–Crippen MR) is 98.9 cm³/mol. The van der Waals surface area contributed by atoms with Crippen LogP contribution in [0, 0.1) is 11.3 Å². The van der Waals surface area contributed by atoms with Gasteiger partial charge in [0.1, 0.15) is 17.6 Å². The van der Waals surface area contributed by atoms with Gasteiger partial charge in [-0.05, 0) is 36.4 Å². The van der Waals surface area contributed by atoms with Crippen molar-refractivity contribution in [1.29, 1.82) is 5.26 Å². The van der Waals surface area contributed by atoms with Crippen LogP contribution in [0.4, 0.5) is 19.0 Å². The first-order valence-corrected chi connectivity index (χ1v) is 8.53. The predicted octanol–water partition coefficient (Wildman–Crippen LogP) is 4.07. The highest BCUT2D eigenvalue weighted by molar-refractivity contribution is 5.92. The molecule has 0 saturated heterocycles. The highest BCUT2D eigenvalue weighted by Gasteiger charge is 2.30. The number of pyridine rings is 1. The second-order valence-corrected chi connectivity index (χ2v) is 5.94. The number of anilines is 1. The summed E-state index contributed by atoms with van der Waals surface area (Å²) in [6.45, 7) is 0.540. The van der Waals surface area contributed by atoms with E-state index in [4.69, 9.17) is 9.68 Å². The van der Waals surface area contributed by atoms with E-state index in [1.165, 1.54) is 24.3 Å². The highest BCUT2D eigenvalue weighted by atomic mass is 19.4. The second kappa shape index (κ2) is 8.48. The molecule has 9 heteroatoms. The van der Waals surface area contributed by atoms with E-state index in [2.05, 4.69) is 15.6 Å². The Morgan fingerprint density at radius 1 is 1.14 bits per heavy atom. The maximum Gasteiger partial charge on any atom is 0.416 e. The number of carbonyl (C=O) groups is 1. The summed E-state index contributed by atoms with van der Waals surface area (Å²) >= 11 is 0. The molecule has 0 fully saturated rings. The number of hydrogen-bond donors (Lipinski definition) is 2. The molecular formula is C20H15F3N4O2. The molecule has 1 amide bonds. The van der Waals surface area contributed by atoms with Crippen molar-refractivity contribution >= 4 is 11.7 Å². The Labute approximate surface area is 164 Å². The average Bonchev–Trinajstić information content (AvgIpc) is 3.21. The van der Waals surface area contributed by atoms with E-state index in [1.807, 2.05) is 6.07 Å². The lowest BCUT2D eigenvalue weighted by atomic mass is 10.1. The van der Waals surface area contributed by atoms with Gasteiger partial charge in [0.2, 0.25) is 0 Å². The first kappa shape index (κ1) is 19.9. The van der Waals surface area contributed by atoms with Gasteiger partial charge in [0.25, 0.3) is 5.91 Å². The number of alkyl halides is 3. The van der Waals surface area contributed by atoms with Crippen molar-refractivity contribution in [3.05, 3.63) is 71.6 Å². The zero-order chi connectivity index (χ0) is 20.9. The van der Waals surface area contributed by atoms with Gasteiger partial charge in [-0.15, -0.1) is 0 Å². The fourth-order valence-corrected chi connectivity index (χ4v) is 2.54. The molecule has 3 aromatic rings. The summed E-state index contributed by atoms with van der Waals surface area (Å²) in [6, 6.07) is 12.8. The summed E-state index contributed by atoms with van der Waals surface area (Å²) in [6.07, 6.45) is -2.92. The summed E-state index contributed by atoms with van der Waals surface area (Å²) in [5.41, 5.74) is -0.190. The third-order valence-electron chi connectivity index (χ3n) is 3.94. The van der Waals surface area contributed by atoms with Crippen molar-refractivity contribution in [2.75, 3.05) is 18.4 Å². The number of furan rings is 1. The summed E-state index contributed by atoms with van der Waals surface area (Å²) in [5.74, 6) is 0.0418. The number of nitrogens with one attached hydrogen (secondary N) is 2. The Morgan fingerprint density at radius 3 is 2.72 bits per heavy atom. The van der Waals surface area contributed by atoms with Crippen LogP contribution in [0.3, 0.4) is 0 Å². The topological polar surface area (TPSA) is 91.0 Å². The van der Waals surface area contributed by atoms with E-state index in [1.54, 1.807) is 18.3 Å². The quantitative estimate of drug-likeness (QED) is 0.609. The normalized spacial score (nSPS) is 11.0. The molecule has 3 rings (SSSR count). The zero-order valence-corrected chi connectivity index (χ0v) is 15.0. The van der Waals surface area contributed by atoms with E-state index in [0.29, 0.717) is 17.9 Å². The third-order valence-corrected chi connectivity index (χ3v) is 3.94. The molecule has 0 atom stereocenters. The van der Waals surface area contributed by atoms with Crippen LogP contribution >= 0.6 is 0 Å². The molecule has 0 aliphatic rings. The van der Waals surface area contributed by atoms with Gasteiger partial charge in [-0.1, -0.05) is 12.1 Å². The van der Waals surface area contributed by atoms with Gasteiger partial charge in [0.15, 0.2) is 5.76 Å². The number of aromatic nitrogens is 1. The molecule has 0 saturated carbocycles. The molecule has 148 valence electrons. The Morgan fingerprint density at radius 2 is 1.97 bits per heavy atom. The van der Waals surface area contributed by atoms with Gasteiger partial charge in [-0.2, -0.15) is 18.4 Å². The minimum absolute atomic E-state index is 0.0204. The van der Waals surface area contributed by atoms with E-state index in [-0.39, 0.29) is 23.6 Å². The maximum atomic E-state index is 12.8. The summed E-state index contributed by atoms with van der Waals surface area (Å²) < 4.78 is 43.9. The Kier molecular flexibility index (Phi) is 5.83. The molecule has 29 heavy (non-hydrogen) atoms. The van der Waals surface area contributed by atoms with E-state index >= 15 is 0 Å². The van der Waals surface area contributed by atoms with Gasteiger partial charge < -0.3 is 15.1 Å². The zero-order valence-electron chi connectivity index (χ0n) is 15.0. The molecule has 0 bridgehead atoms. The van der Waals surface area contributed by atoms with Crippen LogP contribution in [0.25, 0.3) is 11.3 Å². The number of nitriles is 1. The lowest BCUT2D eigenvalue weighted by Crippen LogP contribution is -2.28. The number of halogens is 3. The molecule has 0 spiro atoms. The van der Waals surface area contributed by atoms with Gasteiger partial charge in [-0.3, -0.25) is 4.79 Å². The summed E-state index contributed by atoms with van der Waals surface area (Å²) in [4.78, 5) is 16.2. The van der Waals surface area contributed by atoms with E-state index in [0.717, 1.165) is 12.1 Å². The number of carbonyl (C=O) groups excluding carboxylic acids is 1. The fraction of sp³-hybridized carbons (Fsp3) is 0.150. The Hall–Kier alpha value is -3.80. The second-order valence-electron chi connectivity index (χ2n) is 5.94. The summed E-state index contributed by atoms with van der Waals surface area (Å²) in [7, 11) is 0. The number of rotatable bonds is 6. The van der Waals surface area contributed by atoms with Crippen LogP contribution in [-0.4, -0.2) is 24.0 Å². The molecule has 6 nitrogen and oxygen atoms in total. The molecule has 2 heterocycles. The SMILES string of the molecule is N#Cc1cccnc1NCCNC(=O)c1ccc(-c2cccc(C(F)(F)F)c2)o1. The largest absolute Gasteiger partial charge is 0.451 e. The van der Waals surface area contributed by atoms with E-state index in [9.17, 15) is 18.0 Å². The number of nitrogens with zero attached hydrogens (tertiary/aromatic N) is 2. The monoisotopic (exact) mass is 400 g/mol. The van der Waals surface area contributed by atoms with Gasteiger partial charge >= 0.3 is 6.18 Å². The van der Waals surface area contributed by atoms with E-state index < -0.39 is 17.6 Å². The molecular weight excluding hydrogens is 385 g/mol. The highest BCUT2D eigenvalue weighted by Crippen LogP contribution is 2.32. The molecule has 2 N–H and O–H groups in total. The standard InChI is InChI=1S/C20H15F3N4O2/c21-20(22,23)15-5-1-3-13(11-15)16-6-7-17(29-16)19(28)27-10-9-26-18-14(12-24)4-2-8-25-18/h1-8,11H,9-10H2,(H,25,26)(H,27,28). The molecule has 0 unspecified atom stereocenters. The van der Waals surface area contributed by atoms with Crippen LogP contribution in [-0.2, 0) is 6.18 Å². The van der Waals surface area contributed by atoms with Crippen LogP contribution < -0.4 is 10.6 Å². The van der Waals surface area contributed by atoms with Gasteiger partial charge in [0, 0.05) is 24.8 Å². The van der Waals surface area contributed by atoms with Crippen LogP contribution in [0.15, 0.2) is 59.1 Å². The third kappa shape index (κ3) is 4.93. The number of benzene rings is 1. The van der Waals surface area contributed by atoms with Gasteiger partial charge in [-0.25, -0.2) is 4.98 Å². The average molecular weight is 400 g/mol. The van der Waals surface area contributed by atoms with Crippen molar-refractivity contribution < 1.29 is 22.4 Å². The van der Waals surface area contributed by atoms with Gasteiger partial charge in [0.05, 0.1) is 11.1 Å². The van der Waals surface area contributed by atoms with Crippen molar-refractivity contribution in [2.45, 2.75) is 6.18 Å². The minimum atomic E-state index is -4.46. The first-order chi connectivity index (χ1) is 13.9. The Bertz CT molecular complexity index is 1050. The van der Waals surface area contributed by atoms with Crippen molar-refractivity contribution in [2.24, 2.45) is 0 Å². The molecule has 0 radical (unpaired) electrons. The molecule has 0 aliphatic heterocycles. The fourth-order valence-electron chi connectivity index (χ4n) is 2.54. The van der Waals surface area contributed by atoms with Crippen LogP contribution in [0.1, 0.15) is 21.7 Å². The Balaban J connectivity index is 1.58. The maximum absolute atomic E-state index is 12.8. The summed E-state index contributed by atoms with van der Waals surface area (Å²) in [5, 5.41) is 14.6. The van der Waals surface area contributed by atoms with Crippen LogP contribution in [0.5, 0.6) is 0 Å². The molecule has 2 aromatic heterocycles. The lowest BCUT2D eigenvalue weighted by molar-refractivity contribution is -0.137. The number of amides is 1. The molecule has 1 aromatic carbocycles. The van der Waals surface area contributed by atoms with Crippen molar-refractivity contribution in [3.63, 3.8) is 0 Å². The molecule has 0 aliphatic carbocycles. The smallest absolute Gasteiger partial charge is 0.416 e. The number of hydrogen-bond acceptors (Lipinski definition) is 5. The van der Waals surface area contributed by atoms with Crippen molar-refractivity contribution in [3.8, 4) is 17.4 Å². The lowest BCUT2D eigenvalue weighted by Gasteiger charge is -2.08. The van der Waals surface area contributed by atoms with Crippen molar-refractivity contribution in [1.82, 2.24) is 10.3 Å². The first-order valence-electron chi connectivity index (χ1n) is 8.53. The van der Waals surface area contributed by atoms with Crippen LogP contribution in [0.2, 0.25) is 0 Å². The minimum Gasteiger partial charge on any atom is -0.451 e.